The number of rotatable bonds is 4. The van der Waals surface area contributed by atoms with Gasteiger partial charge in [0.05, 0.1) is 5.56 Å². The molecule has 0 heterocycles. The predicted molar refractivity (Wildman–Crippen MR) is 84.9 cm³/mol. The smallest absolute Gasteiger partial charge is 0.153 e. The first-order valence-electron chi connectivity index (χ1n) is 6.99. The van der Waals surface area contributed by atoms with Gasteiger partial charge in [-0.3, -0.25) is 4.79 Å². The molecule has 0 saturated heterocycles. The zero-order chi connectivity index (χ0) is 15.6. The van der Waals surface area contributed by atoms with Crippen molar-refractivity contribution in [3.05, 3.63) is 41.5 Å². The molecule has 0 N–H and O–H groups in total. The molecule has 0 fully saturated rings. The van der Waals surface area contributed by atoms with E-state index in [2.05, 4.69) is 54.2 Å². The second-order valence-electron chi connectivity index (χ2n) is 7.16. The number of benzene rings is 1. The average molecular weight is 274 g/mol. The van der Waals surface area contributed by atoms with Crippen molar-refractivity contribution in [3.63, 3.8) is 0 Å². The Bertz CT molecular complexity index is 499. The summed E-state index contributed by atoms with van der Waals surface area (Å²) >= 11 is 0. The lowest BCUT2D eigenvalue weighted by molar-refractivity contribution is 0.111. The Kier molecular flexibility index (Phi) is 4.80. The summed E-state index contributed by atoms with van der Waals surface area (Å²) in [7, 11) is 0. The number of carbonyl (C=O) groups is 1. The van der Waals surface area contributed by atoms with E-state index < -0.39 is 0 Å². The Morgan fingerprint density at radius 1 is 1.10 bits per heavy atom. The third-order valence-electron chi connectivity index (χ3n) is 3.26. The molecule has 20 heavy (non-hydrogen) atoms. The molecule has 2 heteroatoms. The first-order valence-corrected chi connectivity index (χ1v) is 6.99. The summed E-state index contributed by atoms with van der Waals surface area (Å²) in [4.78, 5) is 11.4. The maximum Gasteiger partial charge on any atom is 0.153 e. The van der Waals surface area contributed by atoms with E-state index in [0.29, 0.717) is 17.9 Å². The Labute approximate surface area is 122 Å². The van der Waals surface area contributed by atoms with Gasteiger partial charge in [0.1, 0.15) is 12.4 Å². The Hall–Kier alpha value is -1.57. The number of hydrogen-bond donors (Lipinski definition) is 0. The van der Waals surface area contributed by atoms with E-state index in [-0.39, 0.29) is 10.8 Å². The van der Waals surface area contributed by atoms with Crippen molar-refractivity contribution in [2.45, 2.75) is 52.4 Å². The molecule has 0 radical (unpaired) electrons. The highest BCUT2D eigenvalue weighted by atomic mass is 16.5. The van der Waals surface area contributed by atoms with Gasteiger partial charge >= 0.3 is 0 Å². The summed E-state index contributed by atoms with van der Waals surface area (Å²) in [5.74, 6) is 0.681. The molecule has 0 bridgehead atoms. The van der Waals surface area contributed by atoms with Crippen LogP contribution in [0.3, 0.4) is 0 Å². The molecule has 0 aliphatic heterocycles. The molecule has 1 aromatic rings. The highest BCUT2D eigenvalue weighted by Gasteiger charge is 2.25. The molecule has 0 aromatic heterocycles. The summed E-state index contributed by atoms with van der Waals surface area (Å²) in [5.41, 5.74) is 2.73. The van der Waals surface area contributed by atoms with Crippen molar-refractivity contribution in [1.29, 1.82) is 0 Å². The highest BCUT2D eigenvalue weighted by Crippen LogP contribution is 2.37. The van der Waals surface area contributed by atoms with E-state index >= 15 is 0 Å². The van der Waals surface area contributed by atoms with E-state index in [9.17, 15) is 4.79 Å². The number of hydrogen-bond acceptors (Lipinski definition) is 2. The van der Waals surface area contributed by atoms with Gasteiger partial charge in [-0.25, -0.2) is 0 Å². The monoisotopic (exact) mass is 274 g/mol. The average Bonchev–Trinajstić information content (AvgIpc) is 2.32. The van der Waals surface area contributed by atoms with Gasteiger partial charge in [-0.15, -0.1) is 0 Å². The van der Waals surface area contributed by atoms with Crippen LogP contribution < -0.4 is 4.74 Å². The first kappa shape index (κ1) is 16.5. The van der Waals surface area contributed by atoms with E-state index in [1.807, 2.05) is 6.07 Å². The van der Waals surface area contributed by atoms with Crippen LogP contribution in [0.15, 0.2) is 24.8 Å². The minimum absolute atomic E-state index is 0.00523. The summed E-state index contributed by atoms with van der Waals surface area (Å²) in [6.07, 6.45) is 2.57. The van der Waals surface area contributed by atoms with Gasteiger partial charge in [0.2, 0.25) is 0 Å². The van der Waals surface area contributed by atoms with Gasteiger partial charge in [-0.05, 0) is 22.5 Å². The zero-order valence-corrected chi connectivity index (χ0v) is 13.5. The number of aldehydes is 1. The lowest BCUT2D eigenvalue weighted by Crippen LogP contribution is -2.19. The van der Waals surface area contributed by atoms with Crippen molar-refractivity contribution < 1.29 is 9.53 Å². The van der Waals surface area contributed by atoms with Gasteiger partial charge in [-0.1, -0.05) is 60.3 Å². The summed E-state index contributed by atoms with van der Waals surface area (Å²) in [6, 6.07) is 4.09. The van der Waals surface area contributed by atoms with Gasteiger partial charge in [0.25, 0.3) is 0 Å². The van der Waals surface area contributed by atoms with E-state index in [4.69, 9.17) is 4.74 Å². The Balaban J connectivity index is 3.56. The molecular formula is C18H26O2. The van der Waals surface area contributed by atoms with Crippen LogP contribution in [0.4, 0.5) is 0 Å². The van der Waals surface area contributed by atoms with Gasteiger partial charge in [-0.2, -0.15) is 0 Å². The molecule has 0 atom stereocenters. The lowest BCUT2D eigenvalue weighted by atomic mass is 9.79. The van der Waals surface area contributed by atoms with Gasteiger partial charge in [0, 0.05) is 5.56 Å². The molecular weight excluding hydrogens is 248 g/mol. The molecule has 0 amide bonds. The minimum Gasteiger partial charge on any atom is -0.488 e. The molecule has 0 aliphatic carbocycles. The van der Waals surface area contributed by atoms with Crippen molar-refractivity contribution in [1.82, 2.24) is 0 Å². The van der Waals surface area contributed by atoms with Gasteiger partial charge in [0.15, 0.2) is 6.29 Å². The standard InChI is InChI=1S/C18H26O2/c1-8-9-20-16-13(12-19)10-14(17(2,3)4)11-15(16)18(5,6)7/h8,10-12H,1,9H2,2-7H3. The summed E-state index contributed by atoms with van der Waals surface area (Å²) in [5, 5.41) is 0. The lowest BCUT2D eigenvalue weighted by Gasteiger charge is -2.28. The van der Waals surface area contributed by atoms with Crippen molar-refractivity contribution in [3.8, 4) is 5.75 Å². The second-order valence-corrected chi connectivity index (χ2v) is 7.16. The zero-order valence-electron chi connectivity index (χ0n) is 13.5. The Morgan fingerprint density at radius 3 is 2.10 bits per heavy atom. The van der Waals surface area contributed by atoms with Crippen LogP contribution in [0.25, 0.3) is 0 Å². The summed E-state index contributed by atoms with van der Waals surface area (Å²) < 4.78 is 5.75. The van der Waals surface area contributed by atoms with E-state index in [1.54, 1.807) is 6.08 Å². The van der Waals surface area contributed by atoms with Crippen LogP contribution >= 0.6 is 0 Å². The Morgan fingerprint density at radius 2 is 1.70 bits per heavy atom. The van der Waals surface area contributed by atoms with Crippen molar-refractivity contribution >= 4 is 6.29 Å². The molecule has 110 valence electrons. The van der Waals surface area contributed by atoms with Crippen LogP contribution in [-0.2, 0) is 10.8 Å². The fraction of sp³-hybridized carbons (Fsp3) is 0.500. The van der Waals surface area contributed by atoms with E-state index in [1.165, 1.54) is 0 Å². The fourth-order valence-electron chi connectivity index (χ4n) is 2.03. The largest absolute Gasteiger partial charge is 0.488 e. The summed E-state index contributed by atoms with van der Waals surface area (Å²) in [6.45, 7) is 16.9. The highest BCUT2D eigenvalue weighted by molar-refractivity contribution is 5.81. The van der Waals surface area contributed by atoms with E-state index in [0.717, 1.165) is 17.4 Å². The normalized spacial score (nSPS) is 12.1. The topological polar surface area (TPSA) is 26.3 Å². The molecule has 0 aliphatic rings. The molecule has 0 saturated carbocycles. The van der Waals surface area contributed by atoms with Crippen molar-refractivity contribution in [2.24, 2.45) is 0 Å². The third kappa shape index (κ3) is 3.72. The predicted octanol–water partition coefficient (Wildman–Crippen LogP) is 4.66. The van der Waals surface area contributed by atoms with Crippen molar-refractivity contribution in [2.75, 3.05) is 6.61 Å². The van der Waals surface area contributed by atoms with Crippen LogP contribution in [0, 0.1) is 0 Å². The number of ether oxygens (including phenoxy) is 1. The number of carbonyl (C=O) groups excluding carboxylic acids is 1. The quantitative estimate of drug-likeness (QED) is 0.589. The van der Waals surface area contributed by atoms with Crippen LogP contribution in [0.1, 0.15) is 63.0 Å². The molecule has 1 aromatic carbocycles. The SMILES string of the molecule is C=CCOc1c(C=O)cc(C(C)(C)C)cc1C(C)(C)C. The molecule has 0 unspecified atom stereocenters. The fourth-order valence-corrected chi connectivity index (χ4v) is 2.03. The second kappa shape index (κ2) is 5.82. The molecule has 1 rings (SSSR count). The first-order chi connectivity index (χ1) is 9.11. The van der Waals surface area contributed by atoms with Crippen LogP contribution in [-0.4, -0.2) is 12.9 Å². The minimum atomic E-state index is -0.0878. The maximum atomic E-state index is 11.4. The molecule has 2 nitrogen and oxygen atoms in total. The molecule has 0 spiro atoms. The van der Waals surface area contributed by atoms with Crippen LogP contribution in [0.5, 0.6) is 5.75 Å². The van der Waals surface area contributed by atoms with Crippen LogP contribution in [0.2, 0.25) is 0 Å². The van der Waals surface area contributed by atoms with Gasteiger partial charge < -0.3 is 4.74 Å². The third-order valence-corrected chi connectivity index (χ3v) is 3.26. The maximum absolute atomic E-state index is 11.4.